The molecule has 3 heterocycles. The van der Waals surface area contributed by atoms with Crippen molar-refractivity contribution in [2.24, 2.45) is 0 Å². The lowest BCUT2D eigenvalue weighted by Gasteiger charge is -2.33. The maximum absolute atomic E-state index is 12.5. The first-order valence-corrected chi connectivity index (χ1v) is 9.58. The number of fused-ring (bicyclic) bond motifs is 2. The van der Waals surface area contributed by atoms with Gasteiger partial charge in [0, 0.05) is 22.8 Å². The molecule has 5 heteroatoms. The quantitative estimate of drug-likeness (QED) is 0.760. The topological polar surface area (TPSA) is 45.5 Å². The molecule has 0 radical (unpaired) electrons. The van der Waals surface area contributed by atoms with Crippen molar-refractivity contribution in [2.75, 3.05) is 13.1 Å². The number of nitrogens with zero attached hydrogens (tertiary/aromatic N) is 1. The Labute approximate surface area is 151 Å². The molecule has 25 heavy (non-hydrogen) atoms. The van der Waals surface area contributed by atoms with E-state index in [1.54, 1.807) is 0 Å². The molecule has 4 nitrogen and oxygen atoms in total. The Kier molecular flexibility index (Phi) is 4.36. The highest BCUT2D eigenvalue weighted by molar-refractivity contribution is 7.10. The van der Waals surface area contributed by atoms with E-state index in [1.165, 1.54) is 10.4 Å². The van der Waals surface area contributed by atoms with Crippen LogP contribution in [0.1, 0.15) is 42.1 Å². The predicted octanol–water partition coefficient (Wildman–Crippen LogP) is 4.29. The third-order valence-corrected chi connectivity index (χ3v) is 6.00. The highest BCUT2D eigenvalue weighted by Gasteiger charge is 2.26. The Morgan fingerprint density at radius 2 is 2.24 bits per heavy atom. The van der Waals surface area contributed by atoms with E-state index in [2.05, 4.69) is 28.6 Å². The predicted molar refractivity (Wildman–Crippen MR) is 101 cm³/mol. The van der Waals surface area contributed by atoms with Crippen molar-refractivity contribution < 1.29 is 9.21 Å². The van der Waals surface area contributed by atoms with Crippen LogP contribution < -0.4 is 5.32 Å². The Morgan fingerprint density at radius 3 is 3.08 bits per heavy atom. The minimum atomic E-state index is -0.142. The standard InChI is InChI=1S/C20H22N2O2S/c1-13(18-11-15-5-3-4-6-17(15)24-18)21-20(23)12-22-9-7-19-16(14(22)2)8-10-25-19/h3-6,8,10-11,13-14H,7,9,12H2,1-2H3,(H,21,23). The second-order valence-corrected chi connectivity index (χ2v) is 7.67. The fraction of sp³-hybridized carbons (Fsp3) is 0.350. The van der Waals surface area contributed by atoms with Gasteiger partial charge in [-0.05, 0) is 49.4 Å². The first-order chi connectivity index (χ1) is 12.1. The number of rotatable bonds is 4. The molecule has 4 rings (SSSR count). The lowest BCUT2D eigenvalue weighted by Crippen LogP contribution is -2.42. The number of para-hydroxylation sites is 1. The van der Waals surface area contributed by atoms with Crippen molar-refractivity contribution in [2.45, 2.75) is 32.4 Å². The summed E-state index contributed by atoms with van der Waals surface area (Å²) in [6.07, 6.45) is 1.03. The van der Waals surface area contributed by atoms with Gasteiger partial charge in [-0.15, -0.1) is 11.3 Å². The first-order valence-electron chi connectivity index (χ1n) is 8.70. The summed E-state index contributed by atoms with van der Waals surface area (Å²) in [5.41, 5.74) is 2.22. The van der Waals surface area contributed by atoms with Gasteiger partial charge in [0.15, 0.2) is 0 Å². The SMILES string of the molecule is CC(NC(=O)CN1CCc2sccc2C1C)c1cc2ccccc2o1. The molecule has 2 unspecified atom stereocenters. The lowest BCUT2D eigenvalue weighted by atomic mass is 10.0. The Hall–Kier alpha value is -2.11. The molecule has 3 aromatic rings. The van der Waals surface area contributed by atoms with E-state index >= 15 is 0 Å². The molecule has 1 aliphatic heterocycles. The first kappa shape index (κ1) is 16.4. The molecule has 2 aromatic heterocycles. The molecule has 1 amide bonds. The third kappa shape index (κ3) is 3.22. The van der Waals surface area contributed by atoms with Crippen LogP contribution in [0.15, 0.2) is 46.2 Å². The number of hydrogen-bond acceptors (Lipinski definition) is 4. The fourth-order valence-corrected chi connectivity index (χ4v) is 4.50. The van der Waals surface area contributed by atoms with Crippen LogP contribution in [0.3, 0.4) is 0 Å². The van der Waals surface area contributed by atoms with E-state index < -0.39 is 0 Å². The van der Waals surface area contributed by atoms with Gasteiger partial charge in [0.05, 0.1) is 12.6 Å². The molecular weight excluding hydrogens is 332 g/mol. The minimum absolute atomic E-state index is 0.0403. The zero-order valence-corrected chi connectivity index (χ0v) is 15.3. The summed E-state index contributed by atoms with van der Waals surface area (Å²) in [7, 11) is 0. The van der Waals surface area contributed by atoms with E-state index in [0.29, 0.717) is 12.6 Å². The zero-order chi connectivity index (χ0) is 17.4. The molecule has 1 N–H and O–H groups in total. The number of amides is 1. The van der Waals surface area contributed by atoms with E-state index in [4.69, 9.17) is 4.42 Å². The molecule has 0 fully saturated rings. The van der Waals surface area contributed by atoms with Crippen LogP contribution in [0.2, 0.25) is 0 Å². The highest BCUT2D eigenvalue weighted by atomic mass is 32.1. The van der Waals surface area contributed by atoms with E-state index in [0.717, 1.165) is 29.7 Å². The summed E-state index contributed by atoms with van der Waals surface area (Å²) in [5, 5.41) is 6.28. The highest BCUT2D eigenvalue weighted by Crippen LogP contribution is 2.32. The van der Waals surface area contributed by atoms with Gasteiger partial charge in [-0.1, -0.05) is 18.2 Å². The molecule has 0 bridgehead atoms. The van der Waals surface area contributed by atoms with Crippen molar-refractivity contribution in [3.8, 4) is 0 Å². The van der Waals surface area contributed by atoms with Crippen LogP contribution in [-0.4, -0.2) is 23.9 Å². The molecular formula is C20H22N2O2S. The third-order valence-electron chi connectivity index (χ3n) is 5.00. The van der Waals surface area contributed by atoms with Crippen molar-refractivity contribution >= 4 is 28.2 Å². The van der Waals surface area contributed by atoms with E-state index in [-0.39, 0.29) is 11.9 Å². The summed E-state index contributed by atoms with van der Waals surface area (Å²) in [4.78, 5) is 16.2. The van der Waals surface area contributed by atoms with Gasteiger partial charge in [0.1, 0.15) is 11.3 Å². The molecule has 2 atom stereocenters. The van der Waals surface area contributed by atoms with Gasteiger partial charge < -0.3 is 9.73 Å². The molecule has 0 saturated carbocycles. The van der Waals surface area contributed by atoms with Crippen LogP contribution in [0, 0.1) is 0 Å². The number of carbonyl (C=O) groups is 1. The number of nitrogens with one attached hydrogen (secondary N) is 1. The summed E-state index contributed by atoms with van der Waals surface area (Å²) in [6.45, 7) is 5.50. The smallest absolute Gasteiger partial charge is 0.234 e. The van der Waals surface area contributed by atoms with Crippen LogP contribution in [-0.2, 0) is 11.2 Å². The van der Waals surface area contributed by atoms with Crippen LogP contribution in [0.4, 0.5) is 0 Å². The summed E-state index contributed by atoms with van der Waals surface area (Å²) >= 11 is 1.82. The molecule has 130 valence electrons. The van der Waals surface area contributed by atoms with Gasteiger partial charge in [0.25, 0.3) is 0 Å². The van der Waals surface area contributed by atoms with Gasteiger partial charge in [-0.3, -0.25) is 9.69 Å². The number of carbonyl (C=O) groups excluding carboxylic acids is 1. The summed E-state index contributed by atoms with van der Waals surface area (Å²) < 4.78 is 5.85. The van der Waals surface area contributed by atoms with Crippen LogP contribution in [0.25, 0.3) is 11.0 Å². The molecule has 0 spiro atoms. The maximum Gasteiger partial charge on any atom is 0.234 e. The van der Waals surface area contributed by atoms with Crippen molar-refractivity contribution in [1.82, 2.24) is 10.2 Å². The number of furan rings is 1. The van der Waals surface area contributed by atoms with Gasteiger partial charge >= 0.3 is 0 Å². The van der Waals surface area contributed by atoms with Gasteiger partial charge in [-0.25, -0.2) is 0 Å². The zero-order valence-electron chi connectivity index (χ0n) is 14.5. The fourth-order valence-electron chi connectivity index (χ4n) is 3.54. The Balaban J connectivity index is 1.40. The Bertz CT molecular complexity index is 865. The van der Waals surface area contributed by atoms with Crippen molar-refractivity contribution in [3.05, 3.63) is 58.0 Å². The lowest BCUT2D eigenvalue weighted by molar-refractivity contribution is -0.123. The normalized spacial score (nSPS) is 18.9. The Morgan fingerprint density at radius 1 is 1.40 bits per heavy atom. The molecule has 0 saturated heterocycles. The molecule has 0 aliphatic carbocycles. The summed E-state index contributed by atoms with van der Waals surface area (Å²) in [5.74, 6) is 0.833. The van der Waals surface area contributed by atoms with Crippen molar-refractivity contribution in [3.63, 3.8) is 0 Å². The number of thiophene rings is 1. The van der Waals surface area contributed by atoms with Crippen molar-refractivity contribution in [1.29, 1.82) is 0 Å². The average molecular weight is 354 g/mol. The molecule has 1 aliphatic rings. The summed E-state index contributed by atoms with van der Waals surface area (Å²) in [6, 6.07) is 12.2. The maximum atomic E-state index is 12.5. The van der Waals surface area contributed by atoms with Gasteiger partial charge in [0.2, 0.25) is 5.91 Å². The van der Waals surface area contributed by atoms with Gasteiger partial charge in [-0.2, -0.15) is 0 Å². The van der Waals surface area contributed by atoms with Crippen LogP contribution in [0.5, 0.6) is 0 Å². The second-order valence-electron chi connectivity index (χ2n) is 6.67. The number of hydrogen-bond donors (Lipinski definition) is 1. The van der Waals surface area contributed by atoms with Crippen LogP contribution >= 0.6 is 11.3 Å². The van der Waals surface area contributed by atoms with E-state index in [9.17, 15) is 4.79 Å². The monoisotopic (exact) mass is 354 g/mol. The minimum Gasteiger partial charge on any atom is -0.459 e. The molecule has 1 aromatic carbocycles. The average Bonchev–Trinajstić information content (AvgIpc) is 3.24. The van der Waals surface area contributed by atoms with E-state index in [1.807, 2.05) is 48.6 Å². The largest absolute Gasteiger partial charge is 0.459 e. The second kappa shape index (κ2) is 6.65. The number of benzene rings is 1.